The van der Waals surface area contributed by atoms with E-state index in [1.807, 2.05) is 0 Å². The van der Waals surface area contributed by atoms with Crippen molar-refractivity contribution < 1.29 is 14.8 Å². The van der Waals surface area contributed by atoms with Crippen LogP contribution in [-0.4, -0.2) is 35.4 Å². The number of nitrogens with zero attached hydrogens (tertiary/aromatic N) is 1. The topological polar surface area (TPSA) is 117 Å². The summed E-state index contributed by atoms with van der Waals surface area (Å²) in [6.07, 6.45) is 5.29. The standard InChI is InChI=1S/C13H22N4O3/c14-11(17-20)13(6-2-1-3-7-13)12(19)15-8-9-4-5-10(18)16-9/h9,20H,1-8H2,(H2,14,17)(H,15,19)(H,16,18). The van der Waals surface area contributed by atoms with E-state index < -0.39 is 5.41 Å². The lowest BCUT2D eigenvalue weighted by molar-refractivity contribution is -0.129. The average molecular weight is 282 g/mol. The molecule has 112 valence electrons. The second-order valence-electron chi connectivity index (χ2n) is 5.64. The normalized spacial score (nSPS) is 26.1. The SMILES string of the molecule is NC(=NO)C1(C(=O)NCC2CCC(=O)N2)CCCCC1. The van der Waals surface area contributed by atoms with Gasteiger partial charge in [0, 0.05) is 19.0 Å². The highest BCUT2D eigenvalue weighted by Crippen LogP contribution is 2.36. The number of oxime groups is 1. The highest BCUT2D eigenvalue weighted by molar-refractivity contribution is 6.06. The van der Waals surface area contributed by atoms with Crippen molar-refractivity contribution in [3.05, 3.63) is 0 Å². The molecule has 1 saturated heterocycles. The largest absolute Gasteiger partial charge is 0.409 e. The van der Waals surface area contributed by atoms with Gasteiger partial charge in [-0.3, -0.25) is 9.59 Å². The van der Waals surface area contributed by atoms with Gasteiger partial charge in [0.2, 0.25) is 11.8 Å². The first-order valence-corrected chi connectivity index (χ1v) is 7.14. The molecule has 20 heavy (non-hydrogen) atoms. The number of nitrogens with two attached hydrogens (primary N) is 1. The Morgan fingerprint density at radius 3 is 2.70 bits per heavy atom. The summed E-state index contributed by atoms with van der Waals surface area (Å²) in [6.45, 7) is 0.394. The molecule has 5 N–H and O–H groups in total. The second-order valence-corrected chi connectivity index (χ2v) is 5.64. The highest BCUT2D eigenvalue weighted by Gasteiger charge is 2.44. The summed E-state index contributed by atoms with van der Waals surface area (Å²) < 4.78 is 0. The third-order valence-electron chi connectivity index (χ3n) is 4.33. The van der Waals surface area contributed by atoms with E-state index in [4.69, 9.17) is 10.9 Å². The van der Waals surface area contributed by atoms with Gasteiger partial charge < -0.3 is 21.6 Å². The fourth-order valence-corrected chi connectivity index (χ4v) is 3.07. The molecule has 2 rings (SSSR count). The Kier molecular flexibility index (Phi) is 4.46. The van der Waals surface area contributed by atoms with Gasteiger partial charge in [-0.15, -0.1) is 0 Å². The van der Waals surface area contributed by atoms with Crippen LogP contribution in [0, 0.1) is 5.41 Å². The first-order valence-electron chi connectivity index (χ1n) is 7.14. The molecular weight excluding hydrogens is 260 g/mol. The van der Waals surface area contributed by atoms with E-state index in [1.54, 1.807) is 0 Å². The van der Waals surface area contributed by atoms with Crippen LogP contribution in [0.1, 0.15) is 44.9 Å². The van der Waals surface area contributed by atoms with Crippen LogP contribution in [0.3, 0.4) is 0 Å². The first-order chi connectivity index (χ1) is 9.58. The molecule has 0 aromatic carbocycles. The van der Waals surface area contributed by atoms with Crippen LogP contribution in [0.15, 0.2) is 5.16 Å². The lowest BCUT2D eigenvalue weighted by Gasteiger charge is -2.34. The van der Waals surface area contributed by atoms with Gasteiger partial charge in [-0.05, 0) is 19.3 Å². The average Bonchev–Trinajstić information content (AvgIpc) is 2.90. The Bertz CT molecular complexity index is 416. The summed E-state index contributed by atoms with van der Waals surface area (Å²) in [5.74, 6) is -0.188. The van der Waals surface area contributed by atoms with Crippen LogP contribution >= 0.6 is 0 Å². The van der Waals surface area contributed by atoms with Crippen molar-refractivity contribution in [1.29, 1.82) is 0 Å². The Morgan fingerprint density at radius 2 is 2.15 bits per heavy atom. The summed E-state index contributed by atoms with van der Waals surface area (Å²) in [7, 11) is 0. The zero-order valence-corrected chi connectivity index (χ0v) is 11.5. The first kappa shape index (κ1) is 14.6. The molecule has 0 spiro atoms. The van der Waals surface area contributed by atoms with Crippen LogP contribution in [0.25, 0.3) is 0 Å². The molecule has 1 aliphatic heterocycles. The Hall–Kier alpha value is -1.79. The number of amidine groups is 1. The van der Waals surface area contributed by atoms with Gasteiger partial charge in [0.15, 0.2) is 5.84 Å². The molecule has 2 fully saturated rings. The number of nitrogens with one attached hydrogen (secondary N) is 2. The molecule has 1 atom stereocenters. The molecular formula is C13H22N4O3. The minimum absolute atomic E-state index is 0.00911. The third-order valence-corrected chi connectivity index (χ3v) is 4.33. The van der Waals surface area contributed by atoms with Crippen molar-refractivity contribution in [2.45, 2.75) is 51.0 Å². The molecule has 0 aromatic rings. The number of amides is 2. The molecule has 7 heteroatoms. The second kappa shape index (κ2) is 6.11. The maximum Gasteiger partial charge on any atom is 0.234 e. The van der Waals surface area contributed by atoms with Gasteiger partial charge in [-0.1, -0.05) is 24.4 Å². The zero-order valence-electron chi connectivity index (χ0n) is 11.5. The van der Waals surface area contributed by atoms with E-state index in [0.29, 0.717) is 25.8 Å². The quantitative estimate of drug-likeness (QED) is 0.253. The number of carbonyl (C=O) groups excluding carboxylic acids is 2. The predicted octanol–water partition coefficient (Wildman–Crippen LogP) is 0.0781. The van der Waals surface area contributed by atoms with Crippen LogP contribution in [0.5, 0.6) is 0 Å². The highest BCUT2D eigenvalue weighted by atomic mass is 16.4. The summed E-state index contributed by atoms with van der Waals surface area (Å²) in [6, 6.07) is -0.0145. The summed E-state index contributed by atoms with van der Waals surface area (Å²) >= 11 is 0. The molecule has 0 bridgehead atoms. The van der Waals surface area contributed by atoms with Crippen molar-refractivity contribution in [3.63, 3.8) is 0 Å². The van der Waals surface area contributed by atoms with Crippen molar-refractivity contribution in [2.75, 3.05) is 6.54 Å². The molecule has 0 radical (unpaired) electrons. The van der Waals surface area contributed by atoms with Gasteiger partial charge in [-0.2, -0.15) is 0 Å². The third kappa shape index (κ3) is 2.86. The smallest absolute Gasteiger partial charge is 0.234 e. The van der Waals surface area contributed by atoms with E-state index in [9.17, 15) is 9.59 Å². The minimum Gasteiger partial charge on any atom is -0.409 e. The fraction of sp³-hybridized carbons (Fsp3) is 0.769. The van der Waals surface area contributed by atoms with Crippen LogP contribution in [-0.2, 0) is 9.59 Å². The van der Waals surface area contributed by atoms with Crippen molar-refractivity contribution in [3.8, 4) is 0 Å². The van der Waals surface area contributed by atoms with E-state index in [1.165, 1.54) is 0 Å². The number of carbonyl (C=O) groups is 2. The van der Waals surface area contributed by atoms with Crippen LogP contribution < -0.4 is 16.4 Å². The van der Waals surface area contributed by atoms with Crippen molar-refractivity contribution in [1.82, 2.24) is 10.6 Å². The molecule has 1 saturated carbocycles. The summed E-state index contributed by atoms with van der Waals surface area (Å²) in [5.41, 5.74) is 4.87. The molecule has 2 amide bonds. The van der Waals surface area contributed by atoms with E-state index in [0.717, 1.165) is 25.7 Å². The lowest BCUT2D eigenvalue weighted by Crippen LogP contribution is -2.52. The summed E-state index contributed by atoms with van der Waals surface area (Å²) in [5, 5.41) is 17.7. The zero-order chi connectivity index (χ0) is 14.6. The Balaban J connectivity index is 1.98. The maximum absolute atomic E-state index is 12.5. The lowest BCUT2D eigenvalue weighted by atomic mass is 9.72. The van der Waals surface area contributed by atoms with Crippen LogP contribution in [0.2, 0.25) is 0 Å². The number of hydrogen-bond acceptors (Lipinski definition) is 4. The molecule has 1 unspecified atom stereocenters. The number of rotatable bonds is 4. The predicted molar refractivity (Wildman–Crippen MR) is 73.1 cm³/mol. The molecule has 7 nitrogen and oxygen atoms in total. The molecule has 1 aliphatic carbocycles. The van der Waals surface area contributed by atoms with Gasteiger partial charge in [-0.25, -0.2) is 0 Å². The Morgan fingerprint density at radius 1 is 1.45 bits per heavy atom. The van der Waals surface area contributed by atoms with E-state index in [-0.39, 0.29) is 23.7 Å². The van der Waals surface area contributed by atoms with Crippen LogP contribution in [0.4, 0.5) is 0 Å². The van der Waals surface area contributed by atoms with Gasteiger partial charge in [0.05, 0.1) is 0 Å². The molecule has 0 aromatic heterocycles. The Labute approximate surface area is 118 Å². The maximum atomic E-state index is 12.5. The van der Waals surface area contributed by atoms with Crippen molar-refractivity contribution >= 4 is 17.6 Å². The molecule has 1 heterocycles. The minimum atomic E-state index is -0.893. The van der Waals surface area contributed by atoms with Crippen molar-refractivity contribution in [2.24, 2.45) is 16.3 Å². The summed E-state index contributed by atoms with van der Waals surface area (Å²) in [4.78, 5) is 23.6. The van der Waals surface area contributed by atoms with Gasteiger partial charge in [0.25, 0.3) is 0 Å². The molecule has 2 aliphatic rings. The number of hydrogen-bond donors (Lipinski definition) is 4. The van der Waals surface area contributed by atoms with Gasteiger partial charge >= 0.3 is 0 Å². The van der Waals surface area contributed by atoms with Gasteiger partial charge in [0.1, 0.15) is 5.41 Å². The monoisotopic (exact) mass is 282 g/mol. The van der Waals surface area contributed by atoms with E-state index in [2.05, 4.69) is 15.8 Å². The fourth-order valence-electron chi connectivity index (χ4n) is 3.07. The van der Waals surface area contributed by atoms with E-state index >= 15 is 0 Å².